The quantitative estimate of drug-likeness (QED) is 0.541. The van der Waals surface area contributed by atoms with Crippen LogP contribution in [0.15, 0.2) is 30.3 Å². The Morgan fingerprint density at radius 1 is 1.21 bits per heavy atom. The van der Waals surface area contributed by atoms with E-state index in [0.717, 1.165) is 31.2 Å². The summed E-state index contributed by atoms with van der Waals surface area (Å²) in [5.74, 6) is 0.509. The average Bonchev–Trinajstić information content (AvgIpc) is 3.07. The van der Waals surface area contributed by atoms with E-state index >= 15 is 0 Å². The molecule has 4 rings (SSSR count). The predicted molar refractivity (Wildman–Crippen MR) is 117 cm³/mol. The van der Waals surface area contributed by atoms with Crippen LogP contribution in [-0.4, -0.2) is 22.6 Å². The highest BCUT2D eigenvalue weighted by Gasteiger charge is 2.24. The van der Waals surface area contributed by atoms with Crippen molar-refractivity contribution in [3.8, 4) is 5.75 Å². The third-order valence-electron chi connectivity index (χ3n) is 5.42. The highest BCUT2D eigenvalue weighted by atomic mass is 35.5. The third-order valence-corrected chi connectivity index (χ3v) is 6.05. The second-order valence-electron chi connectivity index (χ2n) is 7.22. The van der Waals surface area contributed by atoms with Gasteiger partial charge in [-0.05, 0) is 31.0 Å². The van der Waals surface area contributed by atoms with Crippen LogP contribution in [0.25, 0.3) is 11.0 Å². The van der Waals surface area contributed by atoms with Crippen LogP contribution in [0.1, 0.15) is 48.5 Å². The highest BCUT2D eigenvalue weighted by molar-refractivity contribution is 6.39. The van der Waals surface area contributed by atoms with Crippen molar-refractivity contribution >= 4 is 51.8 Å². The van der Waals surface area contributed by atoms with Gasteiger partial charge in [-0.3, -0.25) is 4.79 Å². The molecule has 1 amide bonds. The lowest BCUT2D eigenvalue weighted by atomic mass is 9.95. The molecule has 0 radical (unpaired) electrons. The fourth-order valence-corrected chi connectivity index (χ4v) is 4.50. The molecule has 2 aromatic carbocycles. The van der Waals surface area contributed by atoms with Crippen LogP contribution >= 0.6 is 23.2 Å². The molecular formula is C21H22Cl2N4O2. The molecule has 3 aromatic rings. The van der Waals surface area contributed by atoms with E-state index in [9.17, 15) is 4.79 Å². The number of para-hydroxylation sites is 1. The van der Waals surface area contributed by atoms with Crippen LogP contribution in [-0.2, 0) is 0 Å². The first-order valence-corrected chi connectivity index (χ1v) is 10.4. The Hall–Kier alpha value is -2.44. The number of hydrogen-bond donors (Lipinski definition) is 2. The van der Waals surface area contributed by atoms with Gasteiger partial charge < -0.3 is 20.4 Å². The van der Waals surface area contributed by atoms with Crippen LogP contribution in [0.3, 0.4) is 0 Å². The fraction of sp³-hybridized carbons (Fsp3) is 0.333. The Morgan fingerprint density at radius 3 is 2.52 bits per heavy atom. The van der Waals surface area contributed by atoms with Gasteiger partial charge in [-0.1, -0.05) is 48.5 Å². The number of imidazole rings is 1. The molecule has 1 saturated carbocycles. The number of methoxy groups -OCH3 is 1. The normalized spacial score (nSPS) is 14.9. The number of fused-ring (bicyclic) bond motifs is 1. The number of halogens is 2. The minimum Gasteiger partial charge on any atom is -0.496 e. The Bertz CT molecular complexity index is 1050. The minimum absolute atomic E-state index is 0.279. The molecule has 1 aliphatic rings. The summed E-state index contributed by atoms with van der Waals surface area (Å²) in [4.78, 5) is 16.6. The smallest absolute Gasteiger partial charge is 0.252 e. The minimum atomic E-state index is -0.556. The maximum Gasteiger partial charge on any atom is 0.252 e. The monoisotopic (exact) mass is 432 g/mol. The number of nitrogens with zero attached hydrogens (tertiary/aromatic N) is 2. The Labute approximate surface area is 178 Å². The molecular weight excluding hydrogens is 411 g/mol. The zero-order valence-electron chi connectivity index (χ0n) is 16.0. The maximum atomic E-state index is 11.9. The number of anilines is 2. The second-order valence-corrected chi connectivity index (χ2v) is 8.04. The Kier molecular flexibility index (Phi) is 5.56. The van der Waals surface area contributed by atoms with Crippen molar-refractivity contribution in [3.63, 3.8) is 0 Å². The molecule has 1 fully saturated rings. The van der Waals surface area contributed by atoms with Crippen molar-refractivity contribution < 1.29 is 9.53 Å². The van der Waals surface area contributed by atoms with Gasteiger partial charge in [0, 0.05) is 12.1 Å². The zero-order chi connectivity index (χ0) is 20.5. The van der Waals surface area contributed by atoms with Gasteiger partial charge in [0.15, 0.2) is 0 Å². The predicted octanol–water partition coefficient (Wildman–Crippen LogP) is 5.70. The number of nitrogens with two attached hydrogens (primary N) is 1. The largest absolute Gasteiger partial charge is 0.496 e. The molecule has 0 aliphatic heterocycles. The molecule has 152 valence electrons. The first-order chi connectivity index (χ1) is 14.0. The summed E-state index contributed by atoms with van der Waals surface area (Å²) in [6.45, 7) is 0. The van der Waals surface area contributed by atoms with Crippen molar-refractivity contribution in [2.75, 3.05) is 12.4 Å². The van der Waals surface area contributed by atoms with Crippen molar-refractivity contribution in [2.24, 2.45) is 5.73 Å². The van der Waals surface area contributed by atoms with E-state index in [-0.39, 0.29) is 6.04 Å². The second kappa shape index (κ2) is 8.13. The summed E-state index contributed by atoms with van der Waals surface area (Å²) in [7, 11) is 1.53. The lowest BCUT2D eigenvalue weighted by Gasteiger charge is -2.26. The molecule has 0 spiro atoms. The molecule has 0 saturated heterocycles. The molecule has 0 unspecified atom stereocenters. The number of carbonyl (C=O) groups is 1. The summed E-state index contributed by atoms with van der Waals surface area (Å²) in [5, 5.41) is 4.33. The lowest BCUT2D eigenvalue weighted by molar-refractivity contribution is 0.0997. The average molecular weight is 433 g/mol. The van der Waals surface area contributed by atoms with Gasteiger partial charge in [-0.25, -0.2) is 4.98 Å². The molecule has 1 aliphatic carbocycles. The van der Waals surface area contributed by atoms with Crippen LogP contribution in [0.2, 0.25) is 10.0 Å². The fourth-order valence-electron chi connectivity index (χ4n) is 4.01. The van der Waals surface area contributed by atoms with Crippen LogP contribution in [0.5, 0.6) is 5.75 Å². The zero-order valence-corrected chi connectivity index (χ0v) is 17.6. The number of carbonyl (C=O) groups excluding carboxylic acids is 1. The van der Waals surface area contributed by atoms with Gasteiger partial charge in [-0.2, -0.15) is 0 Å². The number of aromatic nitrogens is 2. The van der Waals surface area contributed by atoms with Gasteiger partial charge in [0.25, 0.3) is 5.91 Å². The standard InChI is InChI=1S/C21H22Cl2N4O2/c1-29-18-11-17-16(10-13(18)20(24)28)25-21(27(17)12-6-3-2-4-7-12)26-19-14(22)8-5-9-15(19)23/h5,8-12H,2-4,6-7H2,1H3,(H2,24,28)(H,25,26). The van der Waals surface area contributed by atoms with Crippen molar-refractivity contribution in [1.29, 1.82) is 0 Å². The van der Waals surface area contributed by atoms with Gasteiger partial charge in [0.05, 0.1) is 39.4 Å². The van der Waals surface area contributed by atoms with Crippen molar-refractivity contribution in [2.45, 2.75) is 38.1 Å². The molecule has 1 aromatic heterocycles. The van der Waals surface area contributed by atoms with E-state index in [1.807, 2.05) is 6.07 Å². The number of hydrogen-bond acceptors (Lipinski definition) is 4. The van der Waals surface area contributed by atoms with Crippen molar-refractivity contribution in [3.05, 3.63) is 45.9 Å². The molecule has 0 atom stereocenters. The topological polar surface area (TPSA) is 82.2 Å². The molecule has 6 nitrogen and oxygen atoms in total. The number of amides is 1. The molecule has 0 bridgehead atoms. The third kappa shape index (κ3) is 3.74. The number of ether oxygens (including phenoxy) is 1. The summed E-state index contributed by atoms with van der Waals surface area (Å²) in [5.41, 5.74) is 7.97. The summed E-state index contributed by atoms with van der Waals surface area (Å²) in [6, 6.07) is 9.13. The number of benzene rings is 2. The van der Waals surface area contributed by atoms with Gasteiger partial charge in [-0.15, -0.1) is 0 Å². The Morgan fingerprint density at radius 2 is 1.90 bits per heavy atom. The number of nitrogens with one attached hydrogen (secondary N) is 1. The van der Waals surface area contributed by atoms with E-state index in [1.165, 1.54) is 13.5 Å². The van der Waals surface area contributed by atoms with Crippen LogP contribution in [0, 0.1) is 0 Å². The number of rotatable bonds is 5. The SMILES string of the molecule is COc1cc2c(cc1C(N)=O)nc(Nc1c(Cl)cccc1Cl)n2C1CCCCC1. The van der Waals surface area contributed by atoms with Gasteiger partial charge in [0.2, 0.25) is 5.95 Å². The maximum absolute atomic E-state index is 11.9. The van der Waals surface area contributed by atoms with E-state index in [2.05, 4.69) is 9.88 Å². The van der Waals surface area contributed by atoms with E-state index in [1.54, 1.807) is 24.3 Å². The van der Waals surface area contributed by atoms with Gasteiger partial charge in [0.1, 0.15) is 5.75 Å². The number of primary amides is 1. The Balaban J connectivity index is 1.91. The highest BCUT2D eigenvalue weighted by Crippen LogP contribution is 2.39. The molecule has 29 heavy (non-hydrogen) atoms. The van der Waals surface area contributed by atoms with Gasteiger partial charge >= 0.3 is 0 Å². The van der Waals surface area contributed by atoms with Crippen LogP contribution in [0.4, 0.5) is 11.6 Å². The summed E-state index contributed by atoms with van der Waals surface area (Å²) < 4.78 is 7.59. The first kappa shape index (κ1) is 19.9. The summed E-state index contributed by atoms with van der Waals surface area (Å²) in [6.07, 6.45) is 5.66. The lowest BCUT2D eigenvalue weighted by Crippen LogP contribution is -2.15. The molecule has 1 heterocycles. The van der Waals surface area contributed by atoms with E-state index in [0.29, 0.717) is 38.5 Å². The van der Waals surface area contributed by atoms with E-state index < -0.39 is 5.91 Å². The molecule has 8 heteroatoms. The summed E-state index contributed by atoms with van der Waals surface area (Å²) >= 11 is 12.7. The van der Waals surface area contributed by atoms with Crippen LogP contribution < -0.4 is 15.8 Å². The van der Waals surface area contributed by atoms with E-state index in [4.69, 9.17) is 38.7 Å². The first-order valence-electron chi connectivity index (χ1n) is 9.60. The molecule has 3 N–H and O–H groups in total. The van der Waals surface area contributed by atoms with Crippen molar-refractivity contribution in [1.82, 2.24) is 9.55 Å².